The molecule has 0 saturated carbocycles. The maximum absolute atomic E-state index is 12.0. The van der Waals surface area contributed by atoms with Crippen molar-refractivity contribution in [2.24, 2.45) is 0 Å². The van der Waals surface area contributed by atoms with Crippen LogP contribution in [0.25, 0.3) is 0 Å². The normalized spacial score (nSPS) is 12.6. The zero-order chi connectivity index (χ0) is 27.8. The van der Waals surface area contributed by atoms with Gasteiger partial charge < -0.3 is 19.7 Å². The molecule has 0 heterocycles. The molecule has 0 rings (SSSR count). The van der Waals surface area contributed by atoms with E-state index in [1.165, 1.54) is 70.6 Å². The van der Waals surface area contributed by atoms with Crippen molar-refractivity contribution in [2.75, 3.05) is 6.61 Å². The number of esters is 3. The van der Waals surface area contributed by atoms with E-state index in [9.17, 15) is 29.4 Å². The van der Waals surface area contributed by atoms with E-state index >= 15 is 0 Å². The van der Waals surface area contributed by atoms with Crippen LogP contribution in [0.2, 0.25) is 0 Å². The van der Waals surface area contributed by atoms with E-state index in [4.69, 9.17) is 4.74 Å². The van der Waals surface area contributed by atoms with Crippen LogP contribution in [0.4, 0.5) is 0 Å². The summed E-state index contributed by atoms with van der Waals surface area (Å²) in [5.41, 5.74) is -2.67. The fourth-order valence-electron chi connectivity index (χ4n) is 4.14. The van der Waals surface area contributed by atoms with E-state index in [0.717, 1.165) is 32.1 Å². The maximum atomic E-state index is 12.0. The van der Waals surface area contributed by atoms with Crippen LogP contribution in [0.15, 0.2) is 0 Å². The third kappa shape index (κ3) is 20.7. The van der Waals surface area contributed by atoms with Crippen LogP contribution in [0, 0.1) is 0 Å². The Bertz CT molecular complexity index is 633. The van der Waals surface area contributed by atoms with E-state index in [0.29, 0.717) is 12.8 Å². The Kier molecular flexibility index (Phi) is 22.0. The molecule has 37 heavy (non-hydrogen) atoms. The van der Waals surface area contributed by atoms with Gasteiger partial charge in [-0.25, -0.2) is 4.79 Å². The van der Waals surface area contributed by atoms with E-state index in [-0.39, 0.29) is 13.0 Å². The molecule has 0 aliphatic carbocycles. The second kappa shape index (κ2) is 23.2. The molecule has 0 spiro atoms. The largest absolute Gasteiger partial charge is 0.479 e. The number of aliphatic hydroxyl groups is 1. The summed E-state index contributed by atoms with van der Waals surface area (Å²) in [5.74, 6) is -4.60. The van der Waals surface area contributed by atoms with Crippen molar-refractivity contribution in [3.8, 4) is 0 Å². The summed E-state index contributed by atoms with van der Waals surface area (Å²) < 4.78 is 9.61. The van der Waals surface area contributed by atoms with Crippen molar-refractivity contribution in [3.05, 3.63) is 0 Å². The van der Waals surface area contributed by atoms with E-state index in [1.807, 2.05) is 6.92 Å². The maximum Gasteiger partial charge on any atom is 0.336 e. The van der Waals surface area contributed by atoms with Crippen LogP contribution in [0.5, 0.6) is 0 Å². The molecule has 8 heteroatoms. The van der Waals surface area contributed by atoms with Crippen molar-refractivity contribution < 1.29 is 38.9 Å². The molecule has 8 nitrogen and oxygen atoms in total. The van der Waals surface area contributed by atoms with Crippen molar-refractivity contribution in [3.63, 3.8) is 0 Å². The molecular weight excluding hydrogens is 476 g/mol. The van der Waals surface area contributed by atoms with Crippen molar-refractivity contribution in [1.82, 2.24) is 0 Å². The number of carbonyl (C=O) groups excluding carboxylic acids is 3. The van der Waals surface area contributed by atoms with Crippen LogP contribution in [-0.4, -0.2) is 46.3 Å². The molecule has 0 aliphatic rings. The Balaban J connectivity index is 3.88. The van der Waals surface area contributed by atoms with Gasteiger partial charge in [-0.15, -0.1) is 0 Å². The first-order chi connectivity index (χ1) is 17.7. The first kappa shape index (κ1) is 35.0. The summed E-state index contributed by atoms with van der Waals surface area (Å²) in [7, 11) is 0. The van der Waals surface area contributed by atoms with Gasteiger partial charge in [0, 0.05) is 6.42 Å². The molecule has 1 atom stereocenters. The van der Waals surface area contributed by atoms with E-state index < -0.39 is 42.3 Å². The summed E-state index contributed by atoms with van der Waals surface area (Å²) in [6, 6.07) is 0. The van der Waals surface area contributed by atoms with Gasteiger partial charge in [-0.3, -0.25) is 14.4 Å². The van der Waals surface area contributed by atoms with Gasteiger partial charge in [0.05, 0.1) is 19.4 Å². The molecule has 0 aliphatic heterocycles. The first-order valence-corrected chi connectivity index (χ1v) is 14.6. The molecule has 0 fully saturated rings. The number of aliphatic carboxylic acids is 1. The van der Waals surface area contributed by atoms with Gasteiger partial charge in [-0.1, -0.05) is 117 Å². The third-order valence-electron chi connectivity index (χ3n) is 6.49. The number of hydrogen-bond acceptors (Lipinski definition) is 7. The molecule has 0 saturated heterocycles. The molecule has 0 amide bonds. The third-order valence-corrected chi connectivity index (χ3v) is 6.49. The van der Waals surface area contributed by atoms with Crippen LogP contribution in [0.1, 0.15) is 149 Å². The lowest BCUT2D eigenvalue weighted by atomic mass is 9.96. The fourth-order valence-corrected chi connectivity index (χ4v) is 4.14. The molecular formula is C29H52O8. The Morgan fingerprint density at radius 3 is 1.43 bits per heavy atom. The van der Waals surface area contributed by atoms with Crippen molar-refractivity contribution in [1.29, 1.82) is 0 Å². The Labute approximate surface area is 223 Å². The minimum Gasteiger partial charge on any atom is -0.479 e. The second-order valence-electron chi connectivity index (χ2n) is 10.2. The van der Waals surface area contributed by atoms with E-state index in [1.54, 1.807) is 0 Å². The van der Waals surface area contributed by atoms with Gasteiger partial charge in [0.1, 0.15) is 0 Å². The monoisotopic (exact) mass is 528 g/mol. The van der Waals surface area contributed by atoms with Gasteiger partial charge in [0.15, 0.2) is 5.60 Å². The highest BCUT2D eigenvalue weighted by Gasteiger charge is 2.42. The Morgan fingerprint density at radius 2 is 0.973 bits per heavy atom. The average Bonchev–Trinajstić information content (AvgIpc) is 2.83. The minimum absolute atomic E-state index is 0.0341. The predicted molar refractivity (Wildman–Crippen MR) is 143 cm³/mol. The number of hydrogen-bond donors (Lipinski definition) is 2. The number of unbranched alkanes of at least 4 members (excludes halogenated alkanes) is 16. The van der Waals surface area contributed by atoms with Crippen molar-refractivity contribution in [2.45, 2.75) is 154 Å². The topological polar surface area (TPSA) is 127 Å². The summed E-state index contributed by atoms with van der Waals surface area (Å²) in [5, 5.41) is 19.6. The fraction of sp³-hybridized carbons (Fsp3) is 0.862. The lowest BCUT2D eigenvalue weighted by Crippen LogP contribution is -2.43. The number of carboxylic acid groups (broad SMARTS) is 1. The number of rotatable bonds is 25. The molecule has 216 valence electrons. The minimum atomic E-state index is -2.67. The van der Waals surface area contributed by atoms with Gasteiger partial charge >= 0.3 is 23.9 Å². The Morgan fingerprint density at radius 1 is 0.568 bits per heavy atom. The van der Waals surface area contributed by atoms with E-state index in [2.05, 4.69) is 11.7 Å². The van der Waals surface area contributed by atoms with Crippen LogP contribution in [-0.2, 0) is 28.7 Å². The predicted octanol–water partition coefficient (Wildman–Crippen LogP) is 6.65. The second-order valence-corrected chi connectivity index (χ2v) is 10.2. The quantitative estimate of drug-likeness (QED) is 0.0766. The number of carboxylic acids is 1. The highest BCUT2D eigenvalue weighted by atomic mass is 16.6. The molecule has 0 aromatic rings. The Hall–Kier alpha value is -1.96. The SMILES string of the molecule is CCCCCCCCCCCCCCCCCOC(=O)CC(O)(CC(=O)OC(=O)CCCCC)C(=O)O. The molecule has 2 N–H and O–H groups in total. The van der Waals surface area contributed by atoms with Gasteiger partial charge in [0.2, 0.25) is 0 Å². The summed E-state index contributed by atoms with van der Waals surface area (Å²) in [4.78, 5) is 47.0. The lowest BCUT2D eigenvalue weighted by molar-refractivity contribution is -0.175. The lowest BCUT2D eigenvalue weighted by Gasteiger charge is -2.21. The van der Waals surface area contributed by atoms with Gasteiger partial charge in [-0.2, -0.15) is 0 Å². The molecule has 0 bridgehead atoms. The smallest absolute Gasteiger partial charge is 0.336 e. The highest BCUT2D eigenvalue weighted by molar-refractivity contribution is 5.92. The van der Waals surface area contributed by atoms with Crippen LogP contribution < -0.4 is 0 Å². The molecule has 0 aromatic carbocycles. The molecule has 1 unspecified atom stereocenters. The molecule has 0 aromatic heterocycles. The zero-order valence-electron chi connectivity index (χ0n) is 23.4. The summed E-state index contributed by atoms with van der Waals surface area (Å²) >= 11 is 0. The highest BCUT2D eigenvalue weighted by Crippen LogP contribution is 2.19. The summed E-state index contributed by atoms with van der Waals surface area (Å²) in [6.45, 7) is 4.34. The average molecular weight is 529 g/mol. The standard InChI is InChI=1S/C29H52O8/c1-3-5-7-8-9-10-11-12-13-14-15-16-17-18-20-22-36-26(31)23-29(35,28(33)34)24-27(32)37-25(30)21-19-6-4-2/h35H,3-24H2,1-2H3,(H,33,34). The van der Waals surface area contributed by atoms with Crippen LogP contribution >= 0.6 is 0 Å². The zero-order valence-corrected chi connectivity index (χ0v) is 23.4. The van der Waals surface area contributed by atoms with Gasteiger partial charge in [0.25, 0.3) is 0 Å². The van der Waals surface area contributed by atoms with Gasteiger partial charge in [-0.05, 0) is 12.8 Å². The molecule has 0 radical (unpaired) electrons. The van der Waals surface area contributed by atoms with Crippen molar-refractivity contribution >= 4 is 23.9 Å². The van der Waals surface area contributed by atoms with Crippen LogP contribution in [0.3, 0.4) is 0 Å². The number of ether oxygens (including phenoxy) is 2. The summed E-state index contributed by atoms with van der Waals surface area (Å²) in [6.07, 6.45) is 18.7. The first-order valence-electron chi connectivity index (χ1n) is 14.6. The number of carbonyl (C=O) groups is 4.